The van der Waals surface area contributed by atoms with E-state index in [2.05, 4.69) is 27.7 Å². The average Bonchev–Trinajstić information content (AvgIpc) is 3.01. The first kappa shape index (κ1) is 22.6. The molecule has 134 valence electrons. The quantitative estimate of drug-likeness (QED) is 0.788. The van der Waals surface area contributed by atoms with Gasteiger partial charge in [0.2, 0.25) is 5.91 Å². The molecule has 3 unspecified atom stereocenters. The standard InChI is InChI=1S/C15H25N3O2S.2ClH/c1-11(12(2)16)15(19)17-10-13(14-4-3-9-21-14)18-5-7-20-8-6-18;;/h3-4,9,11-13H,5-8,10,16H2,1-2H3,(H,17,19);2*1H. The Balaban J connectivity index is 0.00000242. The van der Waals surface area contributed by atoms with Gasteiger partial charge in [0.15, 0.2) is 0 Å². The molecule has 1 aromatic heterocycles. The number of nitrogens with two attached hydrogens (primary N) is 1. The smallest absolute Gasteiger partial charge is 0.224 e. The van der Waals surface area contributed by atoms with Gasteiger partial charge in [-0.25, -0.2) is 0 Å². The van der Waals surface area contributed by atoms with E-state index in [1.165, 1.54) is 4.88 Å². The average molecular weight is 384 g/mol. The lowest BCUT2D eigenvalue weighted by atomic mass is 10.0. The molecule has 0 spiro atoms. The molecular formula is C15H27Cl2N3O2S. The van der Waals surface area contributed by atoms with Crippen LogP contribution in [0.3, 0.4) is 0 Å². The van der Waals surface area contributed by atoms with Crippen LogP contribution in [0.25, 0.3) is 0 Å². The van der Waals surface area contributed by atoms with Crippen LogP contribution >= 0.6 is 36.2 Å². The van der Waals surface area contributed by atoms with Crippen molar-refractivity contribution in [1.29, 1.82) is 0 Å². The molecule has 3 N–H and O–H groups in total. The van der Waals surface area contributed by atoms with Crippen molar-refractivity contribution in [2.75, 3.05) is 32.8 Å². The van der Waals surface area contributed by atoms with Gasteiger partial charge in [-0.1, -0.05) is 13.0 Å². The first-order valence-corrected chi connectivity index (χ1v) is 8.36. The molecule has 8 heteroatoms. The Bertz CT molecular complexity index is 440. The molecule has 1 aliphatic heterocycles. The molecule has 1 aliphatic rings. The number of hydrogen-bond donors (Lipinski definition) is 2. The van der Waals surface area contributed by atoms with Crippen LogP contribution in [0.4, 0.5) is 0 Å². The van der Waals surface area contributed by atoms with E-state index in [1.807, 2.05) is 13.8 Å². The van der Waals surface area contributed by atoms with Crippen molar-refractivity contribution in [3.8, 4) is 0 Å². The Kier molecular flexibility index (Phi) is 11.1. The summed E-state index contributed by atoms with van der Waals surface area (Å²) >= 11 is 1.73. The number of carbonyl (C=O) groups is 1. The molecule has 0 aromatic carbocycles. The number of rotatable bonds is 6. The van der Waals surface area contributed by atoms with Crippen LogP contribution in [0.2, 0.25) is 0 Å². The van der Waals surface area contributed by atoms with E-state index in [9.17, 15) is 4.79 Å². The zero-order valence-electron chi connectivity index (χ0n) is 13.6. The number of thiophene rings is 1. The van der Waals surface area contributed by atoms with Crippen LogP contribution in [-0.2, 0) is 9.53 Å². The second-order valence-corrected chi connectivity index (χ2v) is 6.55. The van der Waals surface area contributed by atoms with Gasteiger partial charge in [-0.15, -0.1) is 36.2 Å². The zero-order valence-corrected chi connectivity index (χ0v) is 16.0. The second kappa shape index (κ2) is 11.2. The number of morpholine rings is 1. The largest absolute Gasteiger partial charge is 0.379 e. The molecule has 0 bridgehead atoms. The predicted molar refractivity (Wildman–Crippen MR) is 99.8 cm³/mol. The summed E-state index contributed by atoms with van der Waals surface area (Å²) in [4.78, 5) is 15.8. The van der Waals surface area contributed by atoms with E-state index in [1.54, 1.807) is 11.3 Å². The topological polar surface area (TPSA) is 67.6 Å². The first-order chi connectivity index (χ1) is 10.1. The van der Waals surface area contributed by atoms with Crippen molar-refractivity contribution in [1.82, 2.24) is 10.2 Å². The van der Waals surface area contributed by atoms with Crippen LogP contribution in [0, 0.1) is 5.92 Å². The molecule has 23 heavy (non-hydrogen) atoms. The molecule has 1 amide bonds. The highest BCUT2D eigenvalue weighted by atomic mass is 35.5. The van der Waals surface area contributed by atoms with Gasteiger partial charge < -0.3 is 15.8 Å². The zero-order chi connectivity index (χ0) is 15.2. The lowest BCUT2D eigenvalue weighted by Gasteiger charge is -2.34. The fourth-order valence-electron chi connectivity index (χ4n) is 2.38. The van der Waals surface area contributed by atoms with E-state index in [-0.39, 0.29) is 48.7 Å². The summed E-state index contributed by atoms with van der Waals surface area (Å²) in [5.41, 5.74) is 5.79. The number of nitrogens with zero attached hydrogens (tertiary/aromatic N) is 1. The minimum absolute atomic E-state index is 0. The van der Waals surface area contributed by atoms with Crippen molar-refractivity contribution in [2.24, 2.45) is 11.7 Å². The van der Waals surface area contributed by atoms with Crippen molar-refractivity contribution >= 4 is 42.1 Å². The fraction of sp³-hybridized carbons (Fsp3) is 0.667. The molecule has 0 saturated carbocycles. The van der Waals surface area contributed by atoms with Gasteiger partial charge >= 0.3 is 0 Å². The summed E-state index contributed by atoms with van der Waals surface area (Å²) in [6.45, 7) is 7.68. The van der Waals surface area contributed by atoms with Gasteiger partial charge in [0.25, 0.3) is 0 Å². The van der Waals surface area contributed by atoms with E-state index in [0.29, 0.717) is 6.54 Å². The number of halogens is 2. The number of ether oxygens (including phenoxy) is 1. The molecule has 0 aliphatic carbocycles. The monoisotopic (exact) mass is 383 g/mol. The number of amides is 1. The molecule has 1 aromatic rings. The van der Waals surface area contributed by atoms with Gasteiger partial charge in [-0.05, 0) is 18.4 Å². The number of hydrogen-bond acceptors (Lipinski definition) is 5. The lowest BCUT2D eigenvalue weighted by molar-refractivity contribution is -0.125. The summed E-state index contributed by atoms with van der Waals surface area (Å²) in [5.74, 6) is -0.140. The van der Waals surface area contributed by atoms with Crippen LogP contribution in [0.1, 0.15) is 24.8 Å². The Hall–Kier alpha value is -0.370. The number of carbonyl (C=O) groups excluding carboxylic acids is 1. The Morgan fingerprint density at radius 3 is 2.57 bits per heavy atom. The predicted octanol–water partition coefficient (Wildman–Crippen LogP) is 2.06. The third kappa shape index (κ3) is 6.57. The van der Waals surface area contributed by atoms with E-state index < -0.39 is 0 Å². The number of nitrogens with one attached hydrogen (secondary N) is 1. The first-order valence-electron chi connectivity index (χ1n) is 7.48. The summed E-state index contributed by atoms with van der Waals surface area (Å²) in [7, 11) is 0. The summed E-state index contributed by atoms with van der Waals surface area (Å²) in [5, 5.41) is 5.13. The van der Waals surface area contributed by atoms with Gasteiger partial charge in [0, 0.05) is 36.5 Å². The third-order valence-electron chi connectivity index (χ3n) is 4.03. The molecule has 5 nitrogen and oxygen atoms in total. The van der Waals surface area contributed by atoms with Crippen molar-refractivity contribution in [2.45, 2.75) is 25.9 Å². The van der Waals surface area contributed by atoms with Crippen molar-refractivity contribution in [3.05, 3.63) is 22.4 Å². The fourth-order valence-corrected chi connectivity index (χ4v) is 3.24. The normalized spacial score (nSPS) is 18.9. The lowest BCUT2D eigenvalue weighted by Crippen LogP contribution is -2.45. The molecule has 0 radical (unpaired) electrons. The maximum Gasteiger partial charge on any atom is 0.224 e. The molecule has 1 saturated heterocycles. The Morgan fingerprint density at radius 1 is 1.39 bits per heavy atom. The summed E-state index contributed by atoms with van der Waals surface area (Å²) in [6, 6.07) is 4.28. The van der Waals surface area contributed by atoms with Crippen LogP contribution in [0.15, 0.2) is 17.5 Å². The maximum absolute atomic E-state index is 12.1. The minimum Gasteiger partial charge on any atom is -0.379 e. The van der Waals surface area contributed by atoms with Gasteiger partial charge in [-0.3, -0.25) is 9.69 Å². The minimum atomic E-state index is -0.168. The molecule has 3 atom stereocenters. The second-order valence-electron chi connectivity index (χ2n) is 5.57. The van der Waals surface area contributed by atoms with Gasteiger partial charge in [0.1, 0.15) is 0 Å². The Morgan fingerprint density at radius 2 is 2.04 bits per heavy atom. The van der Waals surface area contributed by atoms with E-state index >= 15 is 0 Å². The maximum atomic E-state index is 12.1. The van der Waals surface area contributed by atoms with Crippen LogP contribution < -0.4 is 11.1 Å². The molecule has 2 heterocycles. The molecule has 2 rings (SSSR count). The van der Waals surface area contributed by atoms with Crippen LogP contribution in [0.5, 0.6) is 0 Å². The summed E-state index contributed by atoms with van der Waals surface area (Å²) < 4.78 is 5.42. The van der Waals surface area contributed by atoms with Crippen molar-refractivity contribution < 1.29 is 9.53 Å². The molecule has 1 fully saturated rings. The third-order valence-corrected chi connectivity index (χ3v) is 5.00. The Labute approximate surface area is 154 Å². The summed E-state index contributed by atoms with van der Waals surface area (Å²) in [6.07, 6.45) is 0. The highest BCUT2D eigenvalue weighted by Gasteiger charge is 2.25. The SMILES string of the molecule is CC(N)C(C)C(=O)NCC(c1cccs1)N1CCOCC1.Cl.Cl. The van der Waals surface area contributed by atoms with Gasteiger partial charge in [0.05, 0.1) is 19.3 Å². The van der Waals surface area contributed by atoms with Crippen LogP contribution in [-0.4, -0.2) is 49.7 Å². The van der Waals surface area contributed by atoms with E-state index in [0.717, 1.165) is 26.3 Å². The van der Waals surface area contributed by atoms with E-state index in [4.69, 9.17) is 10.5 Å². The highest BCUT2D eigenvalue weighted by molar-refractivity contribution is 7.10. The van der Waals surface area contributed by atoms with Crippen molar-refractivity contribution in [3.63, 3.8) is 0 Å². The highest BCUT2D eigenvalue weighted by Crippen LogP contribution is 2.25. The van der Waals surface area contributed by atoms with Gasteiger partial charge in [-0.2, -0.15) is 0 Å². The molecular weight excluding hydrogens is 357 g/mol.